The summed E-state index contributed by atoms with van der Waals surface area (Å²) in [6.07, 6.45) is -3.86. The van der Waals surface area contributed by atoms with E-state index in [0.717, 1.165) is 12.1 Å². The molecule has 0 aliphatic carbocycles. The molecule has 100 valence electrons. The molecule has 0 atom stereocenters. The van der Waals surface area contributed by atoms with Crippen LogP contribution in [-0.2, 0) is 0 Å². The van der Waals surface area contributed by atoms with Crippen molar-refractivity contribution in [3.8, 4) is 5.75 Å². The molecule has 0 fully saturated rings. The molecule has 1 aromatic carbocycles. The number of nitrogen functional groups attached to an aromatic ring is 1. The molecule has 4 nitrogen and oxygen atoms in total. The molecule has 0 saturated carbocycles. The van der Waals surface area contributed by atoms with E-state index in [1.165, 1.54) is 6.07 Å². The van der Waals surface area contributed by atoms with Gasteiger partial charge in [0, 0.05) is 5.69 Å². The third-order valence-electron chi connectivity index (χ3n) is 2.01. The number of benzene rings is 1. The molecule has 0 radical (unpaired) electrons. The molecule has 0 aliphatic rings. The summed E-state index contributed by atoms with van der Waals surface area (Å²) < 4.78 is 53.5. The number of nitrogens with two attached hydrogens (primary N) is 2. The van der Waals surface area contributed by atoms with Gasteiger partial charge in [0.2, 0.25) is 0 Å². The van der Waals surface area contributed by atoms with Gasteiger partial charge in [-0.2, -0.15) is 8.78 Å². The van der Waals surface area contributed by atoms with E-state index >= 15 is 0 Å². The number of ether oxygens (including phenoxy) is 1. The van der Waals surface area contributed by atoms with Crippen LogP contribution in [0.2, 0.25) is 0 Å². The van der Waals surface area contributed by atoms with Crippen molar-refractivity contribution in [1.82, 2.24) is 0 Å². The molecule has 0 aliphatic heterocycles. The predicted octanol–water partition coefficient (Wildman–Crippen LogP) is 1.65. The Morgan fingerprint density at radius 1 is 1.39 bits per heavy atom. The molecule has 18 heavy (non-hydrogen) atoms. The number of anilines is 1. The Morgan fingerprint density at radius 2 is 2.00 bits per heavy atom. The van der Waals surface area contributed by atoms with Crippen molar-refractivity contribution in [3.63, 3.8) is 0 Å². The number of primary amides is 1. The van der Waals surface area contributed by atoms with Crippen LogP contribution in [0.1, 0.15) is 10.4 Å². The van der Waals surface area contributed by atoms with E-state index in [1.54, 1.807) is 0 Å². The first-order valence-electron chi connectivity index (χ1n) is 4.72. The van der Waals surface area contributed by atoms with Crippen LogP contribution >= 0.6 is 0 Å². The maximum Gasteiger partial charge on any atom is 0.340 e. The Labute approximate surface area is 99.5 Å². The van der Waals surface area contributed by atoms with Crippen LogP contribution in [0.15, 0.2) is 18.2 Å². The normalized spacial score (nSPS) is 11.6. The zero-order valence-electron chi connectivity index (χ0n) is 9.00. The van der Waals surface area contributed by atoms with E-state index in [4.69, 9.17) is 11.5 Å². The van der Waals surface area contributed by atoms with Crippen molar-refractivity contribution in [2.45, 2.75) is 12.3 Å². The van der Waals surface area contributed by atoms with Gasteiger partial charge in [-0.1, -0.05) is 0 Å². The molecular weight excluding hydrogens is 256 g/mol. The summed E-state index contributed by atoms with van der Waals surface area (Å²) >= 11 is 0. The van der Waals surface area contributed by atoms with Crippen molar-refractivity contribution < 1.29 is 27.1 Å². The summed E-state index contributed by atoms with van der Waals surface area (Å²) in [6, 6.07) is 3.48. The van der Waals surface area contributed by atoms with Gasteiger partial charge in [0.25, 0.3) is 5.91 Å². The van der Waals surface area contributed by atoms with Gasteiger partial charge in [-0.15, -0.1) is 0 Å². The van der Waals surface area contributed by atoms with Gasteiger partial charge in [-0.25, -0.2) is 8.78 Å². The number of halogens is 4. The summed E-state index contributed by atoms with van der Waals surface area (Å²) in [4.78, 5) is 11.0. The maximum atomic E-state index is 12.6. The van der Waals surface area contributed by atoms with Crippen LogP contribution in [0, 0.1) is 0 Å². The SMILES string of the molecule is NC(=O)c1cc(N)ccc1OCC(F)(F)C(F)F. The van der Waals surface area contributed by atoms with Gasteiger partial charge in [0.1, 0.15) is 5.75 Å². The number of alkyl halides is 4. The predicted molar refractivity (Wildman–Crippen MR) is 55.8 cm³/mol. The van der Waals surface area contributed by atoms with Crippen molar-refractivity contribution in [2.24, 2.45) is 5.73 Å². The fraction of sp³-hybridized carbons (Fsp3) is 0.300. The summed E-state index contributed by atoms with van der Waals surface area (Å²) in [7, 11) is 0. The Morgan fingerprint density at radius 3 is 2.50 bits per heavy atom. The Hall–Kier alpha value is -1.99. The number of rotatable bonds is 5. The van der Waals surface area contributed by atoms with Crippen molar-refractivity contribution in [1.29, 1.82) is 0 Å². The number of hydrogen-bond donors (Lipinski definition) is 2. The molecule has 0 unspecified atom stereocenters. The summed E-state index contributed by atoms with van der Waals surface area (Å²) in [5, 5.41) is 0. The second-order valence-electron chi connectivity index (χ2n) is 3.47. The summed E-state index contributed by atoms with van der Waals surface area (Å²) in [5.74, 6) is -5.59. The highest BCUT2D eigenvalue weighted by atomic mass is 19.3. The molecule has 0 saturated heterocycles. The highest BCUT2D eigenvalue weighted by molar-refractivity contribution is 5.96. The molecule has 0 bridgehead atoms. The average Bonchev–Trinajstić information content (AvgIpc) is 2.27. The average molecular weight is 266 g/mol. The van der Waals surface area contributed by atoms with E-state index in [-0.39, 0.29) is 17.0 Å². The highest BCUT2D eigenvalue weighted by Gasteiger charge is 2.41. The monoisotopic (exact) mass is 266 g/mol. The number of carbonyl (C=O) groups excluding carboxylic acids is 1. The van der Waals surface area contributed by atoms with Gasteiger partial charge < -0.3 is 16.2 Å². The standard InChI is InChI=1S/C10H10F4N2O2/c11-9(12)10(13,14)4-18-7-2-1-5(15)3-6(7)8(16)17/h1-3,9H,4,15H2,(H2,16,17). The van der Waals surface area contributed by atoms with E-state index in [0.29, 0.717) is 0 Å². The molecule has 0 spiro atoms. The van der Waals surface area contributed by atoms with E-state index in [2.05, 4.69) is 4.74 Å². The lowest BCUT2D eigenvalue weighted by Crippen LogP contribution is -2.34. The first-order chi connectivity index (χ1) is 8.24. The largest absolute Gasteiger partial charge is 0.486 e. The topological polar surface area (TPSA) is 78.3 Å². The zero-order valence-corrected chi connectivity index (χ0v) is 9.00. The number of amides is 1. The van der Waals surface area contributed by atoms with Gasteiger partial charge in [-0.05, 0) is 18.2 Å². The van der Waals surface area contributed by atoms with E-state index in [9.17, 15) is 22.4 Å². The smallest absolute Gasteiger partial charge is 0.340 e. The van der Waals surface area contributed by atoms with Crippen molar-refractivity contribution >= 4 is 11.6 Å². The van der Waals surface area contributed by atoms with Crippen LogP contribution in [0.3, 0.4) is 0 Å². The molecule has 1 rings (SSSR count). The first-order valence-corrected chi connectivity index (χ1v) is 4.72. The Bertz CT molecular complexity index is 452. The minimum Gasteiger partial charge on any atom is -0.486 e. The van der Waals surface area contributed by atoms with Gasteiger partial charge in [0.15, 0.2) is 6.61 Å². The first kappa shape index (κ1) is 14.1. The number of hydrogen-bond acceptors (Lipinski definition) is 3. The van der Waals surface area contributed by atoms with Crippen LogP contribution in [-0.4, -0.2) is 24.9 Å². The quantitative estimate of drug-likeness (QED) is 0.628. The molecular formula is C10H10F4N2O2. The molecule has 4 N–H and O–H groups in total. The minimum atomic E-state index is -4.31. The summed E-state index contributed by atoms with van der Waals surface area (Å²) in [6.45, 7) is -1.56. The van der Waals surface area contributed by atoms with Crippen LogP contribution < -0.4 is 16.2 Å². The van der Waals surface area contributed by atoms with E-state index in [1.807, 2.05) is 0 Å². The van der Waals surface area contributed by atoms with Crippen LogP contribution in [0.4, 0.5) is 23.2 Å². The summed E-state index contributed by atoms with van der Waals surface area (Å²) in [5.41, 5.74) is 10.3. The molecule has 1 aromatic rings. The van der Waals surface area contributed by atoms with Crippen LogP contribution in [0.5, 0.6) is 5.75 Å². The molecule has 1 amide bonds. The second kappa shape index (κ2) is 5.11. The lowest BCUT2D eigenvalue weighted by Gasteiger charge is -2.17. The minimum absolute atomic E-state index is 0.164. The third-order valence-corrected chi connectivity index (χ3v) is 2.01. The fourth-order valence-corrected chi connectivity index (χ4v) is 1.10. The molecule has 0 heterocycles. The Kier molecular flexibility index (Phi) is 4.00. The maximum absolute atomic E-state index is 12.6. The fourth-order valence-electron chi connectivity index (χ4n) is 1.10. The van der Waals surface area contributed by atoms with Crippen molar-refractivity contribution in [3.05, 3.63) is 23.8 Å². The van der Waals surface area contributed by atoms with Crippen LogP contribution in [0.25, 0.3) is 0 Å². The van der Waals surface area contributed by atoms with Gasteiger partial charge >= 0.3 is 12.3 Å². The molecule has 8 heteroatoms. The highest BCUT2D eigenvalue weighted by Crippen LogP contribution is 2.26. The second-order valence-corrected chi connectivity index (χ2v) is 3.47. The van der Waals surface area contributed by atoms with E-state index < -0.39 is 24.9 Å². The Balaban J connectivity index is 2.89. The van der Waals surface area contributed by atoms with Gasteiger partial charge in [0.05, 0.1) is 5.56 Å². The lowest BCUT2D eigenvalue weighted by atomic mass is 10.1. The third kappa shape index (κ3) is 3.25. The van der Waals surface area contributed by atoms with Gasteiger partial charge in [-0.3, -0.25) is 4.79 Å². The zero-order chi connectivity index (χ0) is 13.9. The molecule has 0 aromatic heterocycles. The lowest BCUT2D eigenvalue weighted by molar-refractivity contribution is -0.148. The number of carbonyl (C=O) groups is 1. The van der Waals surface area contributed by atoms with Crippen molar-refractivity contribution in [2.75, 3.05) is 12.3 Å².